The number of nitrogens with zero attached hydrogens (tertiary/aromatic N) is 1. The van der Waals surface area contributed by atoms with E-state index in [0.717, 1.165) is 31.3 Å². The smallest absolute Gasteiger partial charge is 0.177 e. The highest BCUT2D eigenvalue weighted by molar-refractivity contribution is 7.71. The summed E-state index contributed by atoms with van der Waals surface area (Å²) in [7, 11) is 0. The Hall–Kier alpha value is -2.51. The van der Waals surface area contributed by atoms with E-state index in [2.05, 4.69) is 23.0 Å². The first-order chi connectivity index (χ1) is 15.0. The van der Waals surface area contributed by atoms with Gasteiger partial charge in [0.25, 0.3) is 0 Å². The van der Waals surface area contributed by atoms with Gasteiger partial charge in [-0.3, -0.25) is 0 Å². The maximum atomic E-state index is 13.9. The molecule has 2 N–H and O–H groups in total. The molecule has 1 aromatic carbocycles. The van der Waals surface area contributed by atoms with Crippen molar-refractivity contribution in [1.29, 1.82) is 0 Å². The number of H-pyrrole nitrogens is 1. The van der Waals surface area contributed by atoms with Gasteiger partial charge in [0.2, 0.25) is 0 Å². The summed E-state index contributed by atoms with van der Waals surface area (Å²) in [5.74, 6) is -1.12. The lowest BCUT2D eigenvalue weighted by atomic mass is 10.0. The fraction of sp³-hybridized carbons (Fsp3) is 0.375. The first-order valence-corrected chi connectivity index (χ1v) is 11.0. The molecule has 0 amide bonds. The zero-order valence-corrected chi connectivity index (χ0v) is 19.2. The van der Waals surface area contributed by atoms with Crippen LogP contribution >= 0.6 is 12.2 Å². The first-order valence-electron chi connectivity index (χ1n) is 10.6. The third-order valence-electron chi connectivity index (χ3n) is 4.92. The first kappa shape index (κ1) is 24.8. The van der Waals surface area contributed by atoms with Crippen LogP contribution in [0.1, 0.15) is 38.1 Å². The van der Waals surface area contributed by atoms with Crippen LogP contribution in [0.5, 0.6) is 5.75 Å². The Morgan fingerprint density at radius 3 is 2.87 bits per heavy atom. The molecule has 0 fully saturated rings. The second kappa shape index (κ2) is 12.4. The van der Waals surface area contributed by atoms with Gasteiger partial charge in [0, 0.05) is 49.5 Å². The van der Waals surface area contributed by atoms with E-state index in [1.165, 1.54) is 11.6 Å². The summed E-state index contributed by atoms with van der Waals surface area (Å²) < 4.78 is 35.7. The quantitative estimate of drug-likeness (QED) is 0.303. The number of hydrogen-bond donors (Lipinski definition) is 2. The summed E-state index contributed by atoms with van der Waals surface area (Å²) in [5, 5.41) is 3.42. The molecule has 2 aromatic rings. The van der Waals surface area contributed by atoms with Crippen molar-refractivity contribution in [2.75, 3.05) is 19.7 Å². The molecular formula is C24H31F2N3OS. The summed E-state index contributed by atoms with van der Waals surface area (Å²) in [5.41, 5.74) is 2.73. The van der Waals surface area contributed by atoms with E-state index in [1.807, 2.05) is 43.7 Å². The lowest BCUT2D eigenvalue weighted by Crippen LogP contribution is -2.28. The maximum Gasteiger partial charge on any atom is 0.177 e. The van der Waals surface area contributed by atoms with Crippen molar-refractivity contribution in [1.82, 2.24) is 14.9 Å². The fourth-order valence-electron chi connectivity index (χ4n) is 3.49. The Balaban J connectivity index is 0.00000166. The second-order valence-electron chi connectivity index (χ2n) is 6.89. The Bertz CT molecular complexity index is 991. The molecule has 4 nitrogen and oxygen atoms in total. The highest BCUT2D eigenvalue weighted by atomic mass is 32.1. The zero-order chi connectivity index (χ0) is 22.8. The number of rotatable bonds is 8. The van der Waals surface area contributed by atoms with Gasteiger partial charge in [0.1, 0.15) is 12.4 Å². The molecule has 1 aromatic heterocycles. The van der Waals surface area contributed by atoms with E-state index in [4.69, 9.17) is 17.0 Å². The van der Waals surface area contributed by atoms with Crippen molar-refractivity contribution in [2.45, 2.75) is 39.7 Å². The molecule has 1 aliphatic rings. The Morgan fingerprint density at radius 2 is 2.16 bits per heavy atom. The van der Waals surface area contributed by atoms with Gasteiger partial charge in [-0.2, -0.15) is 0 Å². The van der Waals surface area contributed by atoms with Crippen molar-refractivity contribution >= 4 is 12.2 Å². The average molecular weight is 448 g/mol. The average Bonchev–Trinajstić information content (AvgIpc) is 3.14. The van der Waals surface area contributed by atoms with Crippen LogP contribution < -0.4 is 10.1 Å². The SMILES string of the molecule is C=C/C=C\C(=C/C)CNCCc1c[nH]c(=S)n1C1COc2c(F)cc(F)cc2C1.CC. The van der Waals surface area contributed by atoms with Crippen LogP contribution in [0.4, 0.5) is 8.78 Å². The molecule has 31 heavy (non-hydrogen) atoms. The Labute approximate surface area is 188 Å². The Kier molecular flexibility index (Phi) is 9.88. The van der Waals surface area contributed by atoms with Gasteiger partial charge >= 0.3 is 0 Å². The molecule has 168 valence electrons. The zero-order valence-electron chi connectivity index (χ0n) is 18.4. The number of allylic oxidation sites excluding steroid dienone is 3. The number of fused-ring (bicyclic) bond motifs is 1. The van der Waals surface area contributed by atoms with Crippen LogP contribution in [0.25, 0.3) is 0 Å². The maximum absolute atomic E-state index is 13.9. The summed E-state index contributed by atoms with van der Waals surface area (Å²) in [4.78, 5) is 3.08. The number of hydrogen-bond acceptors (Lipinski definition) is 3. The number of ether oxygens (including phenoxy) is 1. The largest absolute Gasteiger partial charge is 0.488 e. The molecule has 7 heteroatoms. The standard InChI is InChI=1S/C22H25F2N3OS.C2H6/c1-3-5-6-15(4-2)12-25-8-7-18-13-26-22(29)27(18)19-10-16-9-17(23)11-20(24)21(16)28-14-19;1-2/h3-6,9,11,13,19,25H,1,7-8,10,12,14H2,2H3,(H,26,29);1-2H3/b6-5-,15-4+;. The van der Waals surface area contributed by atoms with Crippen LogP contribution in [0, 0.1) is 16.4 Å². The third-order valence-corrected chi connectivity index (χ3v) is 5.24. The molecule has 1 aliphatic heterocycles. The van der Waals surface area contributed by atoms with Gasteiger partial charge in [0.05, 0.1) is 6.04 Å². The number of halogens is 2. The minimum absolute atomic E-state index is 0.112. The molecule has 3 rings (SSSR count). The molecule has 1 unspecified atom stereocenters. The predicted octanol–water partition coefficient (Wildman–Crippen LogP) is 5.85. The van der Waals surface area contributed by atoms with E-state index < -0.39 is 11.6 Å². The van der Waals surface area contributed by atoms with Gasteiger partial charge in [-0.05, 0) is 30.8 Å². The number of aromatic amines is 1. The van der Waals surface area contributed by atoms with Gasteiger partial charge in [-0.15, -0.1) is 0 Å². The normalized spacial score (nSPS) is 15.8. The number of imidazole rings is 1. The van der Waals surface area contributed by atoms with E-state index in [1.54, 1.807) is 6.08 Å². The van der Waals surface area contributed by atoms with Crippen molar-refractivity contribution in [3.05, 3.63) is 82.4 Å². The van der Waals surface area contributed by atoms with Gasteiger partial charge in [-0.1, -0.05) is 44.7 Å². The summed E-state index contributed by atoms with van der Waals surface area (Å²) in [6.45, 7) is 11.5. The lowest BCUT2D eigenvalue weighted by Gasteiger charge is -2.28. The van der Waals surface area contributed by atoms with Crippen LogP contribution in [-0.4, -0.2) is 29.2 Å². The van der Waals surface area contributed by atoms with E-state index in [0.29, 0.717) is 16.8 Å². The molecule has 0 saturated carbocycles. The predicted molar refractivity (Wildman–Crippen MR) is 125 cm³/mol. The number of aromatic nitrogens is 2. The summed E-state index contributed by atoms with van der Waals surface area (Å²) in [6.07, 6.45) is 10.8. The van der Waals surface area contributed by atoms with E-state index in [9.17, 15) is 8.78 Å². The highest BCUT2D eigenvalue weighted by Crippen LogP contribution is 2.33. The van der Waals surface area contributed by atoms with E-state index >= 15 is 0 Å². The molecule has 0 radical (unpaired) electrons. The lowest BCUT2D eigenvalue weighted by molar-refractivity contribution is 0.210. The highest BCUT2D eigenvalue weighted by Gasteiger charge is 2.26. The van der Waals surface area contributed by atoms with Gasteiger partial charge in [0.15, 0.2) is 16.3 Å². The topological polar surface area (TPSA) is 42.0 Å². The van der Waals surface area contributed by atoms with E-state index in [-0.39, 0.29) is 18.4 Å². The van der Waals surface area contributed by atoms with Crippen molar-refractivity contribution in [3.63, 3.8) is 0 Å². The molecule has 0 spiro atoms. The molecule has 2 heterocycles. The van der Waals surface area contributed by atoms with Crippen LogP contribution in [0.15, 0.2) is 54.8 Å². The van der Waals surface area contributed by atoms with Gasteiger partial charge < -0.3 is 19.6 Å². The van der Waals surface area contributed by atoms with Gasteiger partial charge in [-0.25, -0.2) is 8.78 Å². The van der Waals surface area contributed by atoms with Crippen LogP contribution in [0.2, 0.25) is 0 Å². The monoisotopic (exact) mass is 447 g/mol. The fourth-order valence-corrected chi connectivity index (χ4v) is 3.82. The van der Waals surface area contributed by atoms with Crippen LogP contribution in [0.3, 0.4) is 0 Å². The van der Waals surface area contributed by atoms with Crippen molar-refractivity contribution in [3.8, 4) is 5.75 Å². The Morgan fingerprint density at radius 1 is 1.39 bits per heavy atom. The molecule has 1 atom stereocenters. The molecule has 0 aliphatic carbocycles. The van der Waals surface area contributed by atoms with Crippen LogP contribution in [-0.2, 0) is 12.8 Å². The van der Waals surface area contributed by atoms with Crippen molar-refractivity contribution < 1.29 is 13.5 Å². The third kappa shape index (κ3) is 6.48. The minimum atomic E-state index is -0.661. The number of nitrogens with one attached hydrogen (secondary N) is 2. The summed E-state index contributed by atoms with van der Waals surface area (Å²) >= 11 is 5.45. The molecule has 0 saturated heterocycles. The summed E-state index contributed by atoms with van der Waals surface area (Å²) in [6, 6.07) is 2.07. The second-order valence-corrected chi connectivity index (χ2v) is 7.27. The molecule has 0 bridgehead atoms. The minimum Gasteiger partial charge on any atom is -0.488 e. The van der Waals surface area contributed by atoms with Crippen molar-refractivity contribution in [2.24, 2.45) is 0 Å². The molecular weight excluding hydrogens is 416 g/mol. The number of benzene rings is 1.